The van der Waals surface area contributed by atoms with Crippen LogP contribution in [0.4, 0.5) is 0 Å². The van der Waals surface area contributed by atoms with Crippen LogP contribution in [0.2, 0.25) is 0 Å². The van der Waals surface area contributed by atoms with E-state index < -0.39 is 10.0 Å². The highest BCUT2D eigenvalue weighted by Gasteiger charge is 2.13. The van der Waals surface area contributed by atoms with Crippen molar-refractivity contribution in [3.63, 3.8) is 0 Å². The topological polar surface area (TPSA) is 58.5 Å². The predicted octanol–water partition coefficient (Wildman–Crippen LogP) is 2.99. The van der Waals surface area contributed by atoms with Gasteiger partial charge in [0, 0.05) is 0 Å². The molecule has 0 bridgehead atoms. The van der Waals surface area contributed by atoms with Gasteiger partial charge < -0.3 is 0 Å². The lowest BCUT2D eigenvalue weighted by atomic mass is 10.1. The van der Waals surface area contributed by atoms with Gasteiger partial charge in [0.1, 0.15) is 0 Å². The molecule has 0 aliphatic carbocycles. The Balaban J connectivity index is 2.17. The van der Waals surface area contributed by atoms with Crippen molar-refractivity contribution in [2.45, 2.75) is 25.7 Å². The van der Waals surface area contributed by atoms with E-state index in [1.165, 1.54) is 17.6 Å². The van der Waals surface area contributed by atoms with Gasteiger partial charge in [0.05, 0.1) is 16.0 Å². The number of hydrazone groups is 1. The number of hydrogen-bond donors (Lipinski definition) is 1. The quantitative estimate of drug-likeness (QED) is 0.697. The number of nitrogens with one attached hydrogen (secondary N) is 1. The summed E-state index contributed by atoms with van der Waals surface area (Å²) in [7, 11) is -3.61. The van der Waals surface area contributed by atoms with Crippen LogP contribution in [0.25, 0.3) is 0 Å². The van der Waals surface area contributed by atoms with Crippen LogP contribution in [0, 0.1) is 20.8 Å². The molecular weight excluding hydrogens is 292 g/mol. The Bertz CT molecular complexity index is 746. The summed E-state index contributed by atoms with van der Waals surface area (Å²) in [6.07, 6.45) is 1.53. The predicted molar refractivity (Wildman–Crippen MR) is 82.9 cm³/mol. The summed E-state index contributed by atoms with van der Waals surface area (Å²) < 4.78 is 24.2. The average molecular weight is 308 g/mol. The second kappa shape index (κ2) is 5.76. The number of hydrogen-bond acceptors (Lipinski definition) is 4. The van der Waals surface area contributed by atoms with Crippen molar-refractivity contribution < 1.29 is 8.42 Å². The Morgan fingerprint density at radius 3 is 2.45 bits per heavy atom. The first-order chi connectivity index (χ1) is 9.40. The lowest BCUT2D eigenvalue weighted by Crippen LogP contribution is -2.18. The standard InChI is InChI=1S/C14H16N2O2S2/c1-10-4-5-13(8-12(10)3)20(17,18)16-15-9-14-11(2)6-7-19-14/h4-9,16H,1-3H3/b15-9+. The van der Waals surface area contributed by atoms with Gasteiger partial charge in [-0.2, -0.15) is 13.5 Å². The van der Waals surface area contributed by atoms with Crippen LogP contribution in [-0.2, 0) is 10.0 Å². The Kier molecular flexibility index (Phi) is 4.25. The van der Waals surface area contributed by atoms with Gasteiger partial charge in [-0.15, -0.1) is 11.3 Å². The third-order valence-electron chi connectivity index (χ3n) is 3.05. The van der Waals surface area contributed by atoms with Crippen molar-refractivity contribution >= 4 is 27.6 Å². The maximum absolute atomic E-state index is 12.1. The number of nitrogens with zero attached hydrogens (tertiary/aromatic N) is 1. The molecule has 0 saturated heterocycles. The minimum atomic E-state index is -3.61. The van der Waals surface area contributed by atoms with Crippen LogP contribution >= 0.6 is 11.3 Å². The molecule has 20 heavy (non-hydrogen) atoms. The van der Waals surface area contributed by atoms with Gasteiger partial charge in [-0.25, -0.2) is 4.83 Å². The lowest BCUT2D eigenvalue weighted by molar-refractivity contribution is 0.584. The highest BCUT2D eigenvalue weighted by Crippen LogP contribution is 2.15. The molecule has 1 heterocycles. The number of aryl methyl sites for hydroxylation is 3. The van der Waals surface area contributed by atoms with Crippen molar-refractivity contribution in [3.05, 3.63) is 51.2 Å². The zero-order valence-electron chi connectivity index (χ0n) is 11.5. The van der Waals surface area contributed by atoms with E-state index in [-0.39, 0.29) is 4.90 Å². The number of benzene rings is 1. The Morgan fingerprint density at radius 1 is 1.10 bits per heavy atom. The third kappa shape index (κ3) is 3.26. The van der Waals surface area contributed by atoms with Gasteiger partial charge in [-0.05, 0) is 61.0 Å². The smallest absolute Gasteiger partial charge is 0.200 e. The molecule has 1 aromatic carbocycles. The van der Waals surface area contributed by atoms with Crippen LogP contribution in [0.3, 0.4) is 0 Å². The van der Waals surface area contributed by atoms with Crippen molar-refractivity contribution in [2.24, 2.45) is 5.10 Å². The minimum absolute atomic E-state index is 0.223. The number of sulfonamides is 1. The van der Waals surface area contributed by atoms with E-state index in [1.54, 1.807) is 18.2 Å². The molecule has 106 valence electrons. The summed E-state index contributed by atoms with van der Waals surface area (Å²) >= 11 is 1.52. The molecule has 0 aliphatic heterocycles. The molecule has 0 spiro atoms. The summed E-state index contributed by atoms with van der Waals surface area (Å²) in [4.78, 5) is 3.40. The van der Waals surface area contributed by atoms with Gasteiger partial charge in [0.15, 0.2) is 0 Å². The van der Waals surface area contributed by atoms with E-state index in [4.69, 9.17) is 0 Å². The molecule has 0 saturated carbocycles. The second-order valence-corrected chi connectivity index (χ2v) is 7.18. The average Bonchev–Trinajstić information content (AvgIpc) is 2.78. The minimum Gasteiger partial charge on any atom is -0.200 e. The molecule has 4 nitrogen and oxygen atoms in total. The monoisotopic (exact) mass is 308 g/mol. The zero-order chi connectivity index (χ0) is 14.8. The molecule has 0 aliphatic rings. The maximum Gasteiger partial charge on any atom is 0.276 e. The van der Waals surface area contributed by atoms with E-state index in [2.05, 4.69) is 9.93 Å². The molecule has 1 aromatic heterocycles. The van der Waals surface area contributed by atoms with Gasteiger partial charge in [0.25, 0.3) is 10.0 Å². The van der Waals surface area contributed by atoms with Crippen LogP contribution in [-0.4, -0.2) is 14.6 Å². The van der Waals surface area contributed by atoms with E-state index in [1.807, 2.05) is 32.2 Å². The van der Waals surface area contributed by atoms with E-state index in [0.29, 0.717) is 0 Å². The normalized spacial score (nSPS) is 11.9. The molecule has 1 N–H and O–H groups in total. The van der Waals surface area contributed by atoms with E-state index >= 15 is 0 Å². The molecule has 0 unspecified atom stereocenters. The molecule has 0 atom stereocenters. The first-order valence-corrected chi connectivity index (χ1v) is 8.42. The largest absolute Gasteiger partial charge is 0.276 e. The molecular formula is C14H16N2O2S2. The Morgan fingerprint density at radius 2 is 1.85 bits per heavy atom. The first-order valence-electron chi connectivity index (χ1n) is 6.06. The van der Waals surface area contributed by atoms with Crippen LogP contribution in [0.15, 0.2) is 39.6 Å². The van der Waals surface area contributed by atoms with E-state index in [9.17, 15) is 8.42 Å². The van der Waals surface area contributed by atoms with Gasteiger partial charge in [-0.3, -0.25) is 0 Å². The molecule has 6 heteroatoms. The fourth-order valence-corrected chi connectivity index (χ4v) is 3.27. The maximum atomic E-state index is 12.1. The summed E-state index contributed by atoms with van der Waals surface area (Å²) in [5.41, 5.74) is 3.07. The van der Waals surface area contributed by atoms with Gasteiger partial charge in [-0.1, -0.05) is 6.07 Å². The summed E-state index contributed by atoms with van der Waals surface area (Å²) in [5, 5.41) is 5.76. The van der Waals surface area contributed by atoms with Crippen LogP contribution < -0.4 is 4.83 Å². The van der Waals surface area contributed by atoms with Gasteiger partial charge >= 0.3 is 0 Å². The van der Waals surface area contributed by atoms with Crippen molar-refractivity contribution in [2.75, 3.05) is 0 Å². The summed E-state index contributed by atoms with van der Waals surface area (Å²) in [6, 6.07) is 6.97. The molecule has 2 rings (SSSR count). The number of thiophene rings is 1. The number of rotatable bonds is 4. The highest BCUT2D eigenvalue weighted by atomic mass is 32.2. The van der Waals surface area contributed by atoms with Gasteiger partial charge in [0.2, 0.25) is 0 Å². The van der Waals surface area contributed by atoms with Crippen molar-refractivity contribution in [1.29, 1.82) is 0 Å². The second-order valence-electron chi connectivity index (χ2n) is 4.57. The van der Waals surface area contributed by atoms with Crippen LogP contribution in [0.5, 0.6) is 0 Å². The molecule has 0 fully saturated rings. The Labute approximate surface area is 123 Å². The SMILES string of the molecule is Cc1ccc(S(=O)(=O)N/N=C/c2sccc2C)cc1C. The summed E-state index contributed by atoms with van der Waals surface area (Å²) in [6.45, 7) is 5.78. The highest BCUT2D eigenvalue weighted by molar-refractivity contribution is 7.89. The lowest BCUT2D eigenvalue weighted by Gasteiger charge is -2.06. The van der Waals surface area contributed by atoms with Crippen LogP contribution in [0.1, 0.15) is 21.6 Å². The molecule has 0 radical (unpaired) electrons. The van der Waals surface area contributed by atoms with Crippen molar-refractivity contribution in [1.82, 2.24) is 4.83 Å². The summed E-state index contributed by atoms with van der Waals surface area (Å²) in [5.74, 6) is 0. The zero-order valence-corrected chi connectivity index (χ0v) is 13.2. The fourth-order valence-electron chi connectivity index (χ4n) is 1.60. The van der Waals surface area contributed by atoms with Crippen molar-refractivity contribution in [3.8, 4) is 0 Å². The molecule has 0 amide bonds. The van der Waals surface area contributed by atoms with E-state index in [0.717, 1.165) is 21.6 Å². The molecule has 2 aromatic rings. The first kappa shape index (κ1) is 14.7. The third-order valence-corrected chi connectivity index (χ3v) is 5.22. The fraction of sp³-hybridized carbons (Fsp3) is 0.214. The Hall–Kier alpha value is -1.66.